The Balaban J connectivity index is 2.37. The van der Waals surface area contributed by atoms with Crippen LogP contribution in [0.1, 0.15) is 25.7 Å². The largest absolute Gasteiger partial charge is 0.391 e. The Kier molecular flexibility index (Phi) is 6.86. The van der Waals surface area contributed by atoms with Crippen LogP contribution < -0.4 is 5.73 Å². The zero-order valence-electron chi connectivity index (χ0n) is 14.3. The first kappa shape index (κ1) is 22.3. The van der Waals surface area contributed by atoms with Gasteiger partial charge in [-0.2, -0.15) is 13.2 Å². The van der Waals surface area contributed by atoms with Crippen LogP contribution in [-0.2, 0) is 9.53 Å². The number of primary amides is 1. The minimum absolute atomic E-state index is 0.0774. The van der Waals surface area contributed by atoms with Gasteiger partial charge in [0, 0.05) is 12.1 Å². The Morgan fingerprint density at radius 3 is 2.36 bits per heavy atom. The summed E-state index contributed by atoms with van der Waals surface area (Å²) in [5.41, 5.74) is 4.01. The molecule has 7 nitrogen and oxygen atoms in total. The molecule has 0 bridgehead atoms. The van der Waals surface area contributed by atoms with E-state index >= 15 is 0 Å². The van der Waals surface area contributed by atoms with E-state index in [9.17, 15) is 36.9 Å². The first-order valence-corrected chi connectivity index (χ1v) is 8.61. The summed E-state index contributed by atoms with van der Waals surface area (Å²) in [5, 5.41) is 10.7. The fraction of sp³-hybridized carbons (Fsp3) is 0.667. The highest BCUT2D eigenvalue weighted by atomic mass is 35.5. The van der Waals surface area contributed by atoms with Crippen molar-refractivity contribution in [3.8, 4) is 0 Å². The van der Waals surface area contributed by atoms with Crippen molar-refractivity contribution in [2.75, 3.05) is 6.61 Å². The van der Waals surface area contributed by atoms with Crippen molar-refractivity contribution in [3.05, 3.63) is 32.6 Å². The lowest BCUT2D eigenvalue weighted by molar-refractivity contribution is -0.421. The second-order valence-corrected chi connectivity index (χ2v) is 6.79. The minimum Gasteiger partial charge on any atom is -0.366 e. The van der Waals surface area contributed by atoms with Crippen LogP contribution in [0.2, 0.25) is 0 Å². The molecule has 1 heterocycles. The molecule has 1 aliphatic carbocycles. The first-order chi connectivity index (χ1) is 12.9. The molecule has 0 aromatic rings. The molecule has 0 radical (unpaired) electrons. The van der Waals surface area contributed by atoms with Crippen molar-refractivity contribution in [3.63, 3.8) is 0 Å². The number of nitrogens with zero attached hydrogens (tertiary/aromatic N) is 2. The molecule has 1 fully saturated rings. The maximum Gasteiger partial charge on any atom is 0.391 e. The molecule has 0 saturated heterocycles. The Morgan fingerprint density at radius 2 is 1.93 bits per heavy atom. The number of hydrogen-bond acceptors (Lipinski definition) is 5. The number of nitro groups is 1. The van der Waals surface area contributed by atoms with E-state index in [1.54, 1.807) is 0 Å². The van der Waals surface area contributed by atoms with E-state index in [2.05, 4.69) is 0 Å². The Labute approximate surface area is 161 Å². The highest BCUT2D eigenvalue weighted by Gasteiger charge is 2.46. The number of rotatable bonds is 6. The lowest BCUT2D eigenvalue weighted by Crippen LogP contribution is -2.50. The molecule has 2 aliphatic rings. The number of amides is 1. The van der Waals surface area contributed by atoms with Crippen molar-refractivity contribution in [2.24, 2.45) is 11.7 Å². The standard InChI is InChI=1S/C15H17ClF5N3O4/c16-12-10(24(26)27)5-9(13(22)25)14(28-6-11(17)18)23(12)8-3-1-7(2-4-8)15(19,20)21/h5,7-8,11,14H,1-4,6H2,(H2,22,25). The number of ether oxygens (including phenoxy) is 1. The van der Waals surface area contributed by atoms with Crippen molar-refractivity contribution >= 4 is 17.5 Å². The lowest BCUT2D eigenvalue weighted by atomic mass is 9.84. The van der Waals surface area contributed by atoms with Gasteiger partial charge in [-0.25, -0.2) is 8.78 Å². The maximum absolute atomic E-state index is 12.9. The number of alkyl halides is 5. The number of allylic oxidation sites excluding steroid dienone is 1. The van der Waals surface area contributed by atoms with E-state index in [0.29, 0.717) is 0 Å². The zero-order chi connectivity index (χ0) is 21.2. The third-order valence-corrected chi connectivity index (χ3v) is 5.05. The summed E-state index contributed by atoms with van der Waals surface area (Å²) >= 11 is 6.06. The normalized spacial score (nSPS) is 26.5. The Morgan fingerprint density at radius 1 is 1.36 bits per heavy atom. The van der Waals surface area contributed by atoms with Crippen molar-refractivity contribution < 1.29 is 36.4 Å². The average molecular weight is 434 g/mol. The number of carbonyl (C=O) groups is 1. The number of carbonyl (C=O) groups excluding carboxylic acids is 1. The van der Waals surface area contributed by atoms with Crippen LogP contribution in [0, 0.1) is 16.0 Å². The van der Waals surface area contributed by atoms with Crippen molar-refractivity contribution in [1.29, 1.82) is 0 Å². The third-order valence-electron chi connectivity index (χ3n) is 4.66. The molecule has 1 amide bonds. The van der Waals surface area contributed by atoms with E-state index in [1.807, 2.05) is 0 Å². The molecule has 2 N–H and O–H groups in total. The fourth-order valence-corrected chi connectivity index (χ4v) is 3.70. The molecule has 158 valence electrons. The molecular weight excluding hydrogens is 417 g/mol. The second-order valence-electron chi connectivity index (χ2n) is 6.43. The molecule has 28 heavy (non-hydrogen) atoms. The van der Waals surface area contributed by atoms with Crippen LogP contribution in [0.5, 0.6) is 0 Å². The van der Waals surface area contributed by atoms with Gasteiger partial charge in [0.25, 0.3) is 6.43 Å². The molecule has 1 atom stereocenters. The number of halogens is 6. The van der Waals surface area contributed by atoms with Crippen LogP contribution in [-0.4, -0.2) is 47.2 Å². The second kappa shape index (κ2) is 8.60. The van der Waals surface area contributed by atoms with Gasteiger partial charge in [0.1, 0.15) is 6.61 Å². The Hall–Kier alpha value is -1.95. The minimum atomic E-state index is -4.39. The van der Waals surface area contributed by atoms with Gasteiger partial charge >= 0.3 is 11.9 Å². The Bertz CT molecular complexity index is 690. The monoisotopic (exact) mass is 433 g/mol. The summed E-state index contributed by atoms with van der Waals surface area (Å²) in [6.45, 7) is -1.12. The number of nitrogens with two attached hydrogens (primary N) is 1. The molecule has 1 saturated carbocycles. The molecular formula is C15H17ClF5N3O4. The van der Waals surface area contributed by atoms with E-state index < -0.39 is 64.7 Å². The topological polar surface area (TPSA) is 98.7 Å². The van der Waals surface area contributed by atoms with Gasteiger partial charge in [0.15, 0.2) is 11.4 Å². The van der Waals surface area contributed by atoms with Gasteiger partial charge < -0.3 is 15.4 Å². The summed E-state index contributed by atoms with van der Waals surface area (Å²) in [4.78, 5) is 23.1. The highest BCUT2D eigenvalue weighted by molar-refractivity contribution is 6.29. The van der Waals surface area contributed by atoms with E-state index in [4.69, 9.17) is 22.1 Å². The van der Waals surface area contributed by atoms with Gasteiger partial charge in [-0.05, 0) is 25.7 Å². The van der Waals surface area contributed by atoms with Gasteiger partial charge in [0.2, 0.25) is 5.91 Å². The van der Waals surface area contributed by atoms with Gasteiger partial charge in [-0.1, -0.05) is 11.6 Å². The summed E-state index contributed by atoms with van der Waals surface area (Å²) in [7, 11) is 0. The molecule has 1 aliphatic heterocycles. The van der Waals surface area contributed by atoms with Crippen LogP contribution in [0.3, 0.4) is 0 Å². The summed E-state index contributed by atoms with van der Waals surface area (Å²) < 4.78 is 68.9. The number of hydrogen-bond donors (Lipinski definition) is 1. The highest BCUT2D eigenvalue weighted by Crippen LogP contribution is 2.42. The van der Waals surface area contributed by atoms with Gasteiger partial charge in [-0.3, -0.25) is 14.9 Å². The molecule has 0 spiro atoms. The van der Waals surface area contributed by atoms with Crippen LogP contribution in [0.15, 0.2) is 22.5 Å². The van der Waals surface area contributed by atoms with E-state index in [0.717, 1.165) is 11.0 Å². The third kappa shape index (κ3) is 4.90. The van der Waals surface area contributed by atoms with Crippen LogP contribution >= 0.6 is 11.6 Å². The van der Waals surface area contributed by atoms with Crippen LogP contribution in [0.25, 0.3) is 0 Å². The molecule has 0 aromatic heterocycles. The van der Waals surface area contributed by atoms with Crippen molar-refractivity contribution in [1.82, 2.24) is 4.90 Å². The SMILES string of the molecule is NC(=O)C1=CC([N+](=O)[O-])=C(Cl)N(C2CCC(C(F)(F)F)CC2)C1OCC(F)F. The summed E-state index contributed by atoms with van der Waals surface area (Å²) in [5.74, 6) is -2.70. The molecule has 13 heteroatoms. The summed E-state index contributed by atoms with van der Waals surface area (Å²) in [6, 6.07) is -0.785. The molecule has 1 unspecified atom stereocenters. The average Bonchev–Trinajstić information content (AvgIpc) is 2.58. The van der Waals surface area contributed by atoms with Gasteiger partial charge in [-0.15, -0.1) is 0 Å². The molecule has 2 rings (SSSR count). The van der Waals surface area contributed by atoms with Crippen molar-refractivity contribution in [2.45, 2.75) is 50.6 Å². The fourth-order valence-electron chi connectivity index (χ4n) is 3.35. The van der Waals surface area contributed by atoms with E-state index in [-0.39, 0.29) is 25.7 Å². The maximum atomic E-state index is 12.9. The predicted octanol–water partition coefficient (Wildman–Crippen LogP) is 3.13. The zero-order valence-corrected chi connectivity index (χ0v) is 15.1. The quantitative estimate of drug-likeness (QED) is 0.300. The van der Waals surface area contributed by atoms with Crippen LogP contribution in [0.4, 0.5) is 22.0 Å². The molecule has 0 aromatic carbocycles. The van der Waals surface area contributed by atoms with E-state index in [1.165, 1.54) is 0 Å². The first-order valence-electron chi connectivity index (χ1n) is 8.23. The predicted molar refractivity (Wildman–Crippen MR) is 86.5 cm³/mol. The smallest absolute Gasteiger partial charge is 0.366 e. The lowest BCUT2D eigenvalue weighted by Gasteiger charge is -2.43. The van der Waals surface area contributed by atoms with Gasteiger partial charge in [0.05, 0.1) is 16.4 Å². The summed E-state index contributed by atoms with van der Waals surface area (Å²) in [6.07, 6.45) is -8.84.